The Balaban J connectivity index is 0.00000200. The fraction of sp³-hybridized carbons (Fsp3) is 0.857. The Kier molecular flexibility index (Phi) is 6.92. The molecule has 0 aliphatic carbocycles. The molecule has 2 amide bonds. The summed E-state index contributed by atoms with van der Waals surface area (Å²) in [5.74, 6) is 0.593. The van der Waals surface area contributed by atoms with E-state index in [0.717, 1.165) is 32.6 Å². The average molecular weight is 304 g/mol. The minimum absolute atomic E-state index is 0. The van der Waals surface area contributed by atoms with E-state index in [4.69, 9.17) is 0 Å². The number of amides is 2. The maximum absolute atomic E-state index is 12.1. The fourth-order valence-corrected chi connectivity index (χ4v) is 3.08. The Bertz CT molecular complexity index is 345. The van der Waals surface area contributed by atoms with Crippen molar-refractivity contribution < 1.29 is 9.59 Å². The molecule has 0 aromatic rings. The van der Waals surface area contributed by atoms with Gasteiger partial charge in [0.2, 0.25) is 11.8 Å². The fourth-order valence-electron chi connectivity index (χ4n) is 3.08. The Morgan fingerprint density at radius 2 is 1.95 bits per heavy atom. The molecule has 0 spiro atoms. The minimum Gasteiger partial charge on any atom is -0.317 e. The highest BCUT2D eigenvalue weighted by Gasteiger charge is 2.40. The van der Waals surface area contributed by atoms with Crippen LogP contribution < -0.4 is 5.32 Å². The number of carbonyl (C=O) groups is 2. The van der Waals surface area contributed by atoms with Crippen LogP contribution in [0.4, 0.5) is 0 Å². The lowest BCUT2D eigenvalue weighted by molar-refractivity contribution is -0.138. The number of hydrogen-bond donors (Lipinski definition) is 1. The van der Waals surface area contributed by atoms with Crippen LogP contribution in [0.2, 0.25) is 0 Å². The normalized spacial score (nSPS) is 24.4. The van der Waals surface area contributed by atoms with Crippen molar-refractivity contribution in [3.63, 3.8) is 0 Å². The number of likely N-dealkylation sites (tertiary alicyclic amines) is 1. The van der Waals surface area contributed by atoms with Crippen LogP contribution in [0.5, 0.6) is 0 Å². The molecule has 2 aliphatic heterocycles. The summed E-state index contributed by atoms with van der Waals surface area (Å²) >= 11 is 0. The standard InChI is InChI=1S/C14H25N3O2.ClH/c1-3-8-17(10-11-4-6-15-7-5-11)12-9-13(18)16(2)14(12)19;/h11-12,15H,3-10H2,1-2H3;1H. The number of hydrogen-bond acceptors (Lipinski definition) is 4. The minimum atomic E-state index is -0.215. The molecule has 5 nitrogen and oxygen atoms in total. The van der Waals surface area contributed by atoms with Crippen molar-refractivity contribution in [2.45, 2.75) is 38.6 Å². The lowest BCUT2D eigenvalue weighted by Gasteiger charge is -2.32. The first-order valence-corrected chi connectivity index (χ1v) is 7.38. The van der Waals surface area contributed by atoms with Crippen LogP contribution in [-0.2, 0) is 9.59 Å². The first-order valence-electron chi connectivity index (χ1n) is 7.38. The van der Waals surface area contributed by atoms with Crippen molar-refractivity contribution in [2.75, 3.05) is 33.2 Å². The summed E-state index contributed by atoms with van der Waals surface area (Å²) in [7, 11) is 1.60. The number of carbonyl (C=O) groups excluding carboxylic acids is 2. The highest BCUT2D eigenvalue weighted by atomic mass is 35.5. The van der Waals surface area contributed by atoms with Crippen LogP contribution in [-0.4, -0.2) is 60.9 Å². The Morgan fingerprint density at radius 3 is 2.45 bits per heavy atom. The third-order valence-electron chi connectivity index (χ3n) is 4.26. The van der Waals surface area contributed by atoms with Gasteiger partial charge in [-0.2, -0.15) is 0 Å². The predicted octanol–water partition coefficient (Wildman–Crippen LogP) is 0.877. The Hall–Kier alpha value is -0.650. The zero-order valence-electron chi connectivity index (χ0n) is 12.4. The van der Waals surface area contributed by atoms with E-state index in [1.54, 1.807) is 7.05 Å². The van der Waals surface area contributed by atoms with Gasteiger partial charge in [0.15, 0.2) is 0 Å². The van der Waals surface area contributed by atoms with Gasteiger partial charge in [-0.3, -0.25) is 19.4 Å². The number of piperidine rings is 1. The first-order chi connectivity index (χ1) is 9.13. The summed E-state index contributed by atoms with van der Waals surface area (Å²) in [6.45, 7) is 6.12. The Labute approximate surface area is 127 Å². The smallest absolute Gasteiger partial charge is 0.246 e. The lowest BCUT2D eigenvalue weighted by atomic mass is 9.96. The van der Waals surface area contributed by atoms with Gasteiger partial charge in [0.25, 0.3) is 0 Å². The summed E-state index contributed by atoms with van der Waals surface area (Å²) in [4.78, 5) is 27.3. The van der Waals surface area contributed by atoms with Crippen molar-refractivity contribution >= 4 is 24.2 Å². The van der Waals surface area contributed by atoms with Crippen molar-refractivity contribution in [3.8, 4) is 0 Å². The third-order valence-corrected chi connectivity index (χ3v) is 4.26. The van der Waals surface area contributed by atoms with E-state index in [2.05, 4.69) is 17.1 Å². The number of halogens is 1. The van der Waals surface area contributed by atoms with Gasteiger partial charge in [0.05, 0.1) is 12.5 Å². The zero-order valence-corrected chi connectivity index (χ0v) is 13.2. The maximum atomic E-state index is 12.1. The van der Waals surface area contributed by atoms with Gasteiger partial charge in [-0.1, -0.05) is 6.92 Å². The van der Waals surface area contributed by atoms with Gasteiger partial charge in [-0.15, -0.1) is 12.4 Å². The molecule has 0 saturated carbocycles. The summed E-state index contributed by atoms with van der Waals surface area (Å²) < 4.78 is 0. The second-order valence-electron chi connectivity index (χ2n) is 5.70. The molecule has 1 N–H and O–H groups in total. The molecule has 1 unspecified atom stereocenters. The van der Waals surface area contributed by atoms with Crippen LogP contribution in [0.15, 0.2) is 0 Å². The molecule has 0 radical (unpaired) electrons. The van der Waals surface area contributed by atoms with Gasteiger partial charge in [0, 0.05) is 13.6 Å². The SMILES string of the molecule is CCCN(CC1CCNCC1)C1CC(=O)N(C)C1=O.Cl. The second kappa shape index (κ2) is 7.96. The molecule has 6 heteroatoms. The van der Waals surface area contributed by atoms with Gasteiger partial charge in [-0.25, -0.2) is 0 Å². The molecule has 0 aromatic heterocycles. The monoisotopic (exact) mass is 303 g/mol. The lowest BCUT2D eigenvalue weighted by Crippen LogP contribution is -2.45. The molecular weight excluding hydrogens is 278 g/mol. The van der Waals surface area contributed by atoms with Crippen LogP contribution in [0.1, 0.15) is 32.6 Å². The van der Waals surface area contributed by atoms with E-state index in [1.165, 1.54) is 17.7 Å². The van der Waals surface area contributed by atoms with Crippen molar-refractivity contribution in [1.29, 1.82) is 0 Å². The van der Waals surface area contributed by atoms with E-state index in [-0.39, 0.29) is 30.3 Å². The number of imide groups is 1. The van der Waals surface area contributed by atoms with Crippen molar-refractivity contribution in [1.82, 2.24) is 15.1 Å². The molecule has 1 atom stereocenters. The maximum Gasteiger partial charge on any atom is 0.246 e. The van der Waals surface area contributed by atoms with Crippen LogP contribution in [0.3, 0.4) is 0 Å². The molecule has 116 valence electrons. The van der Waals surface area contributed by atoms with Gasteiger partial charge in [0.1, 0.15) is 0 Å². The van der Waals surface area contributed by atoms with Gasteiger partial charge < -0.3 is 5.32 Å². The molecule has 2 saturated heterocycles. The zero-order chi connectivity index (χ0) is 13.8. The Morgan fingerprint density at radius 1 is 1.30 bits per heavy atom. The molecule has 20 heavy (non-hydrogen) atoms. The predicted molar refractivity (Wildman–Crippen MR) is 80.9 cm³/mol. The molecule has 2 fully saturated rings. The van der Waals surface area contributed by atoms with Crippen LogP contribution in [0, 0.1) is 5.92 Å². The van der Waals surface area contributed by atoms with E-state index < -0.39 is 0 Å². The summed E-state index contributed by atoms with van der Waals surface area (Å²) in [5, 5.41) is 3.36. The summed E-state index contributed by atoms with van der Waals surface area (Å²) in [6.07, 6.45) is 3.72. The summed E-state index contributed by atoms with van der Waals surface area (Å²) in [5.41, 5.74) is 0. The van der Waals surface area contributed by atoms with Crippen LogP contribution in [0.25, 0.3) is 0 Å². The largest absolute Gasteiger partial charge is 0.317 e. The molecular formula is C14H26ClN3O2. The molecule has 0 bridgehead atoms. The number of rotatable bonds is 5. The molecule has 0 aromatic carbocycles. The van der Waals surface area contributed by atoms with E-state index in [1.807, 2.05) is 0 Å². The van der Waals surface area contributed by atoms with Gasteiger partial charge in [-0.05, 0) is 44.8 Å². The third kappa shape index (κ3) is 3.93. The number of nitrogens with one attached hydrogen (secondary N) is 1. The molecule has 2 rings (SSSR count). The quantitative estimate of drug-likeness (QED) is 0.766. The summed E-state index contributed by atoms with van der Waals surface area (Å²) in [6, 6.07) is -0.215. The van der Waals surface area contributed by atoms with E-state index >= 15 is 0 Å². The second-order valence-corrected chi connectivity index (χ2v) is 5.70. The van der Waals surface area contributed by atoms with Crippen molar-refractivity contribution in [2.24, 2.45) is 5.92 Å². The van der Waals surface area contributed by atoms with E-state index in [0.29, 0.717) is 12.3 Å². The highest BCUT2D eigenvalue weighted by Crippen LogP contribution is 2.21. The van der Waals surface area contributed by atoms with Gasteiger partial charge >= 0.3 is 0 Å². The molecule has 2 aliphatic rings. The number of likely N-dealkylation sites (N-methyl/N-ethyl adjacent to an activating group) is 1. The topological polar surface area (TPSA) is 52.7 Å². The number of nitrogens with zero attached hydrogens (tertiary/aromatic N) is 2. The highest BCUT2D eigenvalue weighted by molar-refractivity contribution is 6.05. The van der Waals surface area contributed by atoms with Crippen LogP contribution >= 0.6 is 12.4 Å². The van der Waals surface area contributed by atoms with Crippen molar-refractivity contribution in [3.05, 3.63) is 0 Å². The average Bonchev–Trinajstić information content (AvgIpc) is 2.67. The van der Waals surface area contributed by atoms with E-state index in [9.17, 15) is 9.59 Å². The first kappa shape index (κ1) is 17.4. The molecule has 2 heterocycles.